The molecule has 6 heteroatoms. The fraction of sp³-hybridized carbons (Fsp3) is 0.143. The van der Waals surface area contributed by atoms with E-state index in [1.165, 1.54) is 21.2 Å². The van der Waals surface area contributed by atoms with Gasteiger partial charge in [0.2, 0.25) is 0 Å². The van der Waals surface area contributed by atoms with Crippen LogP contribution in [0, 0.1) is 5.82 Å². The van der Waals surface area contributed by atoms with Crippen LogP contribution in [-0.4, -0.2) is 14.2 Å². The van der Waals surface area contributed by atoms with Crippen molar-refractivity contribution in [3.63, 3.8) is 0 Å². The van der Waals surface area contributed by atoms with Crippen molar-refractivity contribution in [3.05, 3.63) is 70.0 Å². The van der Waals surface area contributed by atoms with Crippen molar-refractivity contribution in [2.45, 2.75) is 13.1 Å². The molecule has 2 heterocycles. The Morgan fingerprint density at radius 3 is 2.75 bits per heavy atom. The quantitative estimate of drug-likeness (QED) is 0.777. The molecular formula is C14H13FN4O. The highest BCUT2D eigenvalue weighted by molar-refractivity contribution is 5.35. The van der Waals surface area contributed by atoms with Crippen LogP contribution in [0.5, 0.6) is 0 Å². The molecule has 102 valence electrons. The van der Waals surface area contributed by atoms with E-state index in [9.17, 15) is 9.18 Å². The molecule has 0 aliphatic rings. The van der Waals surface area contributed by atoms with E-state index in [4.69, 9.17) is 5.73 Å². The van der Waals surface area contributed by atoms with Crippen LogP contribution in [0.2, 0.25) is 0 Å². The van der Waals surface area contributed by atoms with E-state index in [-0.39, 0.29) is 24.6 Å². The van der Waals surface area contributed by atoms with Crippen molar-refractivity contribution < 1.29 is 4.39 Å². The Bertz CT molecular complexity index is 821. The maximum atomic E-state index is 13.5. The molecule has 5 nitrogen and oxygen atoms in total. The zero-order valence-corrected chi connectivity index (χ0v) is 10.7. The Kier molecular flexibility index (Phi) is 3.08. The van der Waals surface area contributed by atoms with Gasteiger partial charge in [-0.25, -0.2) is 13.9 Å². The van der Waals surface area contributed by atoms with E-state index in [0.29, 0.717) is 16.8 Å². The van der Waals surface area contributed by atoms with Crippen molar-refractivity contribution in [1.29, 1.82) is 0 Å². The minimum atomic E-state index is -0.361. The minimum Gasteiger partial charge on any atom is -0.326 e. The first kappa shape index (κ1) is 12.6. The van der Waals surface area contributed by atoms with Gasteiger partial charge in [-0.15, -0.1) is 5.10 Å². The predicted octanol–water partition coefficient (Wildman–Crippen LogP) is 1.14. The van der Waals surface area contributed by atoms with Crippen LogP contribution < -0.4 is 11.4 Å². The highest BCUT2D eigenvalue weighted by atomic mass is 19.1. The number of hydrogen-bond donors (Lipinski definition) is 1. The maximum Gasteiger partial charge on any atom is 0.350 e. The van der Waals surface area contributed by atoms with Crippen molar-refractivity contribution >= 4 is 5.65 Å². The molecule has 20 heavy (non-hydrogen) atoms. The number of aromatic nitrogens is 3. The molecule has 0 spiro atoms. The molecule has 1 aromatic carbocycles. The number of rotatable bonds is 3. The third-order valence-corrected chi connectivity index (χ3v) is 3.07. The van der Waals surface area contributed by atoms with Gasteiger partial charge in [0, 0.05) is 12.7 Å². The van der Waals surface area contributed by atoms with E-state index < -0.39 is 0 Å². The standard InChI is InChI=1S/C14H13FN4O/c15-12-6-10(8-16)5-11(7-12)9-19-14(20)18-4-2-1-3-13(18)17-19/h1-7H,8-9,16H2. The summed E-state index contributed by atoms with van der Waals surface area (Å²) in [5.74, 6) is -0.361. The van der Waals surface area contributed by atoms with Gasteiger partial charge in [0.25, 0.3) is 0 Å². The van der Waals surface area contributed by atoms with Crippen molar-refractivity contribution in [2.24, 2.45) is 5.73 Å². The number of nitrogens with two attached hydrogens (primary N) is 1. The van der Waals surface area contributed by atoms with Crippen LogP contribution in [0.4, 0.5) is 4.39 Å². The van der Waals surface area contributed by atoms with Gasteiger partial charge in [-0.05, 0) is 35.4 Å². The summed E-state index contributed by atoms with van der Waals surface area (Å²) in [4.78, 5) is 12.1. The lowest BCUT2D eigenvalue weighted by Crippen LogP contribution is -2.21. The Morgan fingerprint density at radius 1 is 1.20 bits per heavy atom. The number of fused-ring (bicyclic) bond motifs is 1. The molecule has 0 radical (unpaired) electrons. The third-order valence-electron chi connectivity index (χ3n) is 3.07. The lowest BCUT2D eigenvalue weighted by atomic mass is 10.1. The molecule has 3 rings (SSSR count). The summed E-state index contributed by atoms with van der Waals surface area (Å²) < 4.78 is 16.2. The molecule has 2 N–H and O–H groups in total. The highest BCUT2D eigenvalue weighted by Crippen LogP contribution is 2.10. The molecule has 0 aliphatic carbocycles. The van der Waals surface area contributed by atoms with E-state index in [2.05, 4.69) is 5.10 Å². The number of halogens is 1. The normalized spacial score (nSPS) is 11.1. The first-order chi connectivity index (χ1) is 9.67. The average molecular weight is 272 g/mol. The lowest BCUT2D eigenvalue weighted by molar-refractivity contribution is 0.613. The van der Waals surface area contributed by atoms with Gasteiger partial charge in [0.1, 0.15) is 5.82 Å². The molecule has 0 atom stereocenters. The Morgan fingerprint density at radius 2 is 2.00 bits per heavy atom. The summed E-state index contributed by atoms with van der Waals surface area (Å²) in [7, 11) is 0. The first-order valence-electron chi connectivity index (χ1n) is 6.20. The third kappa shape index (κ3) is 2.21. The summed E-state index contributed by atoms with van der Waals surface area (Å²) in [5.41, 5.74) is 7.18. The molecule has 0 bridgehead atoms. The minimum absolute atomic E-state index is 0.214. The van der Waals surface area contributed by atoms with E-state index in [0.717, 1.165) is 0 Å². The number of benzene rings is 1. The van der Waals surface area contributed by atoms with Crippen LogP contribution in [0.3, 0.4) is 0 Å². The molecule has 0 saturated heterocycles. The summed E-state index contributed by atoms with van der Waals surface area (Å²) in [6.45, 7) is 0.468. The topological polar surface area (TPSA) is 65.3 Å². The number of pyridine rings is 1. The van der Waals surface area contributed by atoms with Gasteiger partial charge in [0.05, 0.1) is 6.54 Å². The fourth-order valence-corrected chi connectivity index (χ4v) is 2.17. The fourth-order valence-electron chi connectivity index (χ4n) is 2.17. The lowest BCUT2D eigenvalue weighted by Gasteiger charge is -2.04. The van der Waals surface area contributed by atoms with Gasteiger partial charge >= 0.3 is 5.69 Å². The summed E-state index contributed by atoms with van der Waals surface area (Å²) in [6.07, 6.45) is 1.65. The molecule has 0 unspecified atom stereocenters. The first-order valence-corrected chi connectivity index (χ1v) is 6.20. The molecule has 0 aliphatic heterocycles. The average Bonchev–Trinajstić information content (AvgIpc) is 2.75. The van der Waals surface area contributed by atoms with Crippen molar-refractivity contribution in [2.75, 3.05) is 0 Å². The number of nitrogens with zero attached hydrogens (tertiary/aromatic N) is 3. The SMILES string of the molecule is NCc1cc(F)cc(Cn2nc3ccccn3c2=O)c1. The van der Waals surface area contributed by atoms with Gasteiger partial charge in [-0.2, -0.15) is 0 Å². The predicted molar refractivity (Wildman–Crippen MR) is 72.8 cm³/mol. The maximum absolute atomic E-state index is 13.5. The van der Waals surface area contributed by atoms with Gasteiger partial charge in [-0.3, -0.25) is 4.40 Å². The van der Waals surface area contributed by atoms with Crippen LogP contribution >= 0.6 is 0 Å². The molecule has 0 amide bonds. The molecule has 0 fully saturated rings. The Labute approximate surface area is 114 Å². The second-order valence-electron chi connectivity index (χ2n) is 4.54. The van der Waals surface area contributed by atoms with Crippen LogP contribution in [0.1, 0.15) is 11.1 Å². The second-order valence-corrected chi connectivity index (χ2v) is 4.54. The Balaban J connectivity index is 2.03. The van der Waals surface area contributed by atoms with E-state index in [1.54, 1.807) is 30.5 Å². The molecule has 0 saturated carbocycles. The zero-order valence-electron chi connectivity index (χ0n) is 10.7. The molecular weight excluding hydrogens is 259 g/mol. The van der Waals surface area contributed by atoms with Gasteiger partial charge in [0.15, 0.2) is 5.65 Å². The van der Waals surface area contributed by atoms with Crippen LogP contribution in [0.25, 0.3) is 5.65 Å². The molecule has 3 aromatic rings. The monoisotopic (exact) mass is 272 g/mol. The van der Waals surface area contributed by atoms with E-state index in [1.807, 2.05) is 0 Å². The van der Waals surface area contributed by atoms with Crippen molar-refractivity contribution in [3.8, 4) is 0 Å². The largest absolute Gasteiger partial charge is 0.350 e. The zero-order chi connectivity index (χ0) is 14.1. The number of hydrogen-bond acceptors (Lipinski definition) is 3. The van der Waals surface area contributed by atoms with Crippen LogP contribution in [-0.2, 0) is 13.1 Å². The summed E-state index contributed by atoms with van der Waals surface area (Å²) in [6, 6.07) is 9.86. The van der Waals surface area contributed by atoms with Gasteiger partial charge in [-0.1, -0.05) is 12.1 Å². The second kappa shape index (κ2) is 4.90. The summed E-state index contributed by atoms with van der Waals surface area (Å²) >= 11 is 0. The Hall–Kier alpha value is -2.47. The molecule has 2 aromatic heterocycles. The van der Waals surface area contributed by atoms with E-state index >= 15 is 0 Å². The van der Waals surface area contributed by atoms with Gasteiger partial charge < -0.3 is 5.73 Å². The highest BCUT2D eigenvalue weighted by Gasteiger charge is 2.07. The van der Waals surface area contributed by atoms with Crippen LogP contribution in [0.15, 0.2) is 47.4 Å². The van der Waals surface area contributed by atoms with Crippen molar-refractivity contribution in [1.82, 2.24) is 14.2 Å². The summed E-state index contributed by atoms with van der Waals surface area (Å²) in [5, 5.41) is 4.21. The smallest absolute Gasteiger partial charge is 0.326 e.